The van der Waals surface area contributed by atoms with Gasteiger partial charge in [0.15, 0.2) is 23.2 Å². The molecule has 1 unspecified atom stereocenters. The van der Waals surface area contributed by atoms with Gasteiger partial charge in [-0.2, -0.15) is 0 Å². The summed E-state index contributed by atoms with van der Waals surface area (Å²) in [5, 5.41) is 5.66. The van der Waals surface area contributed by atoms with E-state index in [4.69, 9.17) is 18.5 Å². The van der Waals surface area contributed by atoms with Gasteiger partial charge in [-0.25, -0.2) is 19.6 Å². The van der Waals surface area contributed by atoms with Gasteiger partial charge in [-0.15, -0.1) is 0 Å². The minimum atomic E-state index is -2.18. The molecule has 5 heterocycles. The Kier molecular flexibility index (Phi) is 13.2. The maximum atomic E-state index is 12.1. The maximum absolute atomic E-state index is 12.1. The molecule has 3 aliphatic heterocycles. The minimum absolute atomic E-state index is 0.0597. The Morgan fingerprint density at radius 3 is 2.18 bits per heavy atom. The topological polar surface area (TPSA) is 113 Å². The van der Waals surface area contributed by atoms with Crippen molar-refractivity contribution in [2.24, 2.45) is 0 Å². The molecule has 2 aromatic heterocycles. The number of amides is 1. The molecule has 0 radical (unpaired) electrons. The number of imidazole rings is 1. The molecule has 7 atom stereocenters. The van der Waals surface area contributed by atoms with Gasteiger partial charge >= 0.3 is 0 Å². The van der Waals surface area contributed by atoms with Crippen molar-refractivity contribution in [1.82, 2.24) is 24.2 Å². The fourth-order valence-corrected chi connectivity index (χ4v) is 22.7. The highest BCUT2D eigenvalue weighted by Gasteiger charge is 2.55. The minimum Gasteiger partial charge on any atom is -0.371 e. The molecule has 1 amide bonds. The highest BCUT2D eigenvalue weighted by molar-refractivity contribution is 7.45. The largest absolute Gasteiger partial charge is 0.371 e. The van der Waals surface area contributed by atoms with E-state index in [1.807, 2.05) is 4.57 Å². The summed E-state index contributed by atoms with van der Waals surface area (Å²) >= 11 is 0. The summed E-state index contributed by atoms with van der Waals surface area (Å²) in [4.78, 5) is 25.7. The Hall–Kier alpha value is -2.88. The third-order valence-electron chi connectivity index (χ3n) is 13.5. The zero-order chi connectivity index (χ0) is 40.5. The van der Waals surface area contributed by atoms with Crippen LogP contribution in [0.2, 0.25) is 35.3 Å². The summed E-state index contributed by atoms with van der Waals surface area (Å²) in [5.41, 5.74) is 2.94. The van der Waals surface area contributed by atoms with Crippen molar-refractivity contribution in [3.63, 3.8) is 0 Å². The molecule has 3 fully saturated rings. The normalized spacial score (nSPS) is 25.6. The van der Waals surface area contributed by atoms with Crippen molar-refractivity contribution < 1.29 is 23.3 Å². The number of hydrogen-bond acceptors (Lipinski definition) is 9. The SMILES string of the molecule is CC[C@H]1O[C@@H](n2cnc3c(NC(C)=O)ncnc32)C(OCC[Si](C(C)C)(C(C)C)C(C)C)[C@H]1O[P@]1O[C@@H](C[Si](C)(c2ccccc2)c2ccccc2)[C@H]2CCCN21. The first-order chi connectivity index (χ1) is 27.4. The molecule has 0 aliphatic carbocycles. The second kappa shape index (κ2) is 17.8. The highest BCUT2D eigenvalue weighted by atomic mass is 31.2. The third-order valence-corrected chi connectivity index (χ3v) is 27.2. The van der Waals surface area contributed by atoms with Crippen LogP contribution in [0.25, 0.3) is 11.2 Å². The monoisotopic (exact) mass is 830 g/mol. The second-order valence-electron chi connectivity index (χ2n) is 17.5. The highest BCUT2D eigenvalue weighted by Crippen LogP contribution is 2.59. The number of ether oxygens (including phenoxy) is 2. The van der Waals surface area contributed by atoms with Crippen molar-refractivity contribution in [3.8, 4) is 0 Å². The Labute approximate surface area is 342 Å². The molecule has 0 spiro atoms. The molecular formula is C43H63N6O5PSi2. The second-order valence-corrected chi connectivity index (χ2v) is 29.3. The van der Waals surface area contributed by atoms with E-state index in [0.717, 1.165) is 37.9 Å². The Bertz CT molecular complexity index is 1890. The molecule has 7 rings (SSSR count). The lowest BCUT2D eigenvalue weighted by molar-refractivity contribution is -0.114. The number of rotatable bonds is 16. The summed E-state index contributed by atoms with van der Waals surface area (Å²) in [5.74, 6) is 0.155. The Balaban J connectivity index is 1.20. The van der Waals surface area contributed by atoms with Crippen molar-refractivity contribution >= 4 is 57.9 Å². The Morgan fingerprint density at radius 1 is 0.930 bits per heavy atom. The summed E-state index contributed by atoms with van der Waals surface area (Å²) in [6, 6.07) is 24.5. The number of hydrogen-bond donors (Lipinski definition) is 1. The maximum Gasteiger partial charge on any atom is 0.259 e. The lowest BCUT2D eigenvalue weighted by Gasteiger charge is -2.43. The summed E-state index contributed by atoms with van der Waals surface area (Å²) in [7, 11) is -5.31. The summed E-state index contributed by atoms with van der Waals surface area (Å²) in [6.07, 6.45) is 4.63. The predicted octanol–water partition coefficient (Wildman–Crippen LogP) is 8.52. The van der Waals surface area contributed by atoms with E-state index < -0.39 is 37.0 Å². The summed E-state index contributed by atoms with van der Waals surface area (Å²) < 4.78 is 33.1. The van der Waals surface area contributed by atoms with E-state index in [0.29, 0.717) is 46.3 Å². The number of benzene rings is 2. The third kappa shape index (κ3) is 8.20. The smallest absolute Gasteiger partial charge is 0.259 e. The van der Waals surface area contributed by atoms with Gasteiger partial charge in [-0.1, -0.05) is 143 Å². The number of nitrogens with zero attached hydrogens (tertiary/aromatic N) is 5. The van der Waals surface area contributed by atoms with Crippen LogP contribution in [0.1, 0.15) is 80.9 Å². The van der Waals surface area contributed by atoms with Gasteiger partial charge < -0.3 is 23.8 Å². The van der Waals surface area contributed by atoms with Crippen LogP contribution >= 0.6 is 8.53 Å². The van der Waals surface area contributed by atoms with Gasteiger partial charge in [-0.05, 0) is 31.4 Å². The molecular weight excluding hydrogens is 768 g/mol. The van der Waals surface area contributed by atoms with Crippen molar-refractivity contribution in [3.05, 3.63) is 73.3 Å². The molecule has 3 aliphatic rings. The average molecular weight is 831 g/mol. The number of carbonyl (C=O) groups is 1. The van der Waals surface area contributed by atoms with Crippen LogP contribution in [0.3, 0.4) is 0 Å². The average Bonchev–Trinajstić information content (AvgIpc) is 3.98. The molecule has 14 heteroatoms. The molecule has 3 saturated heterocycles. The van der Waals surface area contributed by atoms with Gasteiger partial charge in [0.05, 0.1) is 26.6 Å². The number of aromatic nitrogens is 4. The van der Waals surface area contributed by atoms with Gasteiger partial charge in [-0.3, -0.25) is 9.36 Å². The quantitative estimate of drug-likeness (QED) is 0.0878. The lowest BCUT2D eigenvalue weighted by atomic mass is 10.1. The first-order valence-corrected chi connectivity index (χ1v) is 27.4. The number of nitrogens with one attached hydrogen (secondary N) is 1. The van der Waals surface area contributed by atoms with Crippen LogP contribution in [0.15, 0.2) is 73.3 Å². The van der Waals surface area contributed by atoms with Crippen molar-refractivity contribution in [1.29, 1.82) is 0 Å². The molecule has 0 saturated carbocycles. The number of anilines is 1. The van der Waals surface area contributed by atoms with Gasteiger partial charge in [0, 0.05) is 26.1 Å². The van der Waals surface area contributed by atoms with E-state index >= 15 is 0 Å². The van der Waals surface area contributed by atoms with Crippen LogP contribution in [0.4, 0.5) is 5.82 Å². The standard InChI is InChI=1S/C43H63N6O5PSi2/c1-10-36-39(54-55-49-23-17-22-35(49)37(53-55)26-56(9,33-18-13-11-14-19-33)34-20-15-12-16-21-34)40(51-24-25-57(29(2)3,30(4)5)31(6)7)43(52-36)48-28-46-38-41(47-32(8)50)44-27-45-42(38)48/h11-16,18-21,27-31,35-37,39-40,43H,10,17,22-26H2,1-9H3,(H,44,45,47,50)/t35-,36-,37+,39+,40?,43-,55+/m1/s1. The molecule has 57 heavy (non-hydrogen) atoms. The molecule has 4 aromatic rings. The van der Waals surface area contributed by atoms with Crippen molar-refractivity contribution in [2.75, 3.05) is 18.5 Å². The molecule has 308 valence electrons. The van der Waals surface area contributed by atoms with Gasteiger partial charge in [0.25, 0.3) is 8.53 Å². The van der Waals surface area contributed by atoms with E-state index in [2.05, 4.69) is 141 Å². The van der Waals surface area contributed by atoms with Gasteiger partial charge in [0.1, 0.15) is 26.6 Å². The van der Waals surface area contributed by atoms with Crippen LogP contribution in [-0.2, 0) is 23.3 Å². The van der Waals surface area contributed by atoms with Crippen LogP contribution in [-0.4, -0.2) is 89.9 Å². The number of carbonyl (C=O) groups excluding carboxylic acids is 1. The van der Waals surface area contributed by atoms with Crippen LogP contribution in [0.5, 0.6) is 0 Å². The van der Waals surface area contributed by atoms with E-state index in [1.165, 1.54) is 23.6 Å². The van der Waals surface area contributed by atoms with E-state index in [-0.39, 0.29) is 24.2 Å². The molecule has 0 bridgehead atoms. The van der Waals surface area contributed by atoms with E-state index in [1.54, 1.807) is 6.33 Å². The Morgan fingerprint density at radius 2 is 1.58 bits per heavy atom. The fourth-order valence-electron chi connectivity index (χ4n) is 10.5. The molecule has 1 N–H and O–H groups in total. The zero-order valence-electron chi connectivity index (χ0n) is 35.3. The van der Waals surface area contributed by atoms with Gasteiger partial charge in [0.2, 0.25) is 5.91 Å². The first-order valence-electron chi connectivity index (χ1n) is 21.1. The van der Waals surface area contributed by atoms with Crippen molar-refractivity contribution in [2.45, 2.75) is 147 Å². The first kappa shape index (κ1) is 42.3. The van der Waals surface area contributed by atoms with Crippen LogP contribution < -0.4 is 15.7 Å². The van der Waals surface area contributed by atoms with E-state index in [9.17, 15) is 4.79 Å². The zero-order valence-corrected chi connectivity index (χ0v) is 38.2. The lowest BCUT2D eigenvalue weighted by Crippen LogP contribution is -2.58. The predicted molar refractivity (Wildman–Crippen MR) is 234 cm³/mol. The fraction of sp³-hybridized carbons (Fsp3) is 0.581. The summed E-state index contributed by atoms with van der Waals surface area (Å²) in [6.45, 7) is 22.1. The number of fused-ring (bicyclic) bond motifs is 2. The molecule has 11 nitrogen and oxygen atoms in total. The molecule has 2 aromatic carbocycles. The van der Waals surface area contributed by atoms with Crippen LogP contribution in [0, 0.1) is 0 Å².